The monoisotopic (exact) mass is 386 g/mol. The van der Waals surface area contributed by atoms with E-state index in [0.29, 0.717) is 32.2 Å². The molecule has 5 nitrogen and oxygen atoms in total. The number of ether oxygens (including phenoxy) is 2. The molecule has 1 aliphatic rings. The quantitative estimate of drug-likeness (QED) is 0.556. The number of hydrogen-bond acceptors (Lipinski definition) is 5. The van der Waals surface area contributed by atoms with Crippen molar-refractivity contribution in [1.29, 1.82) is 0 Å². The first-order valence-corrected chi connectivity index (χ1v) is 7.58. The normalized spacial score (nSPS) is 17.2. The molecule has 0 aromatic heterocycles. The van der Waals surface area contributed by atoms with E-state index in [1.54, 1.807) is 0 Å². The molecule has 1 heterocycles. The van der Waals surface area contributed by atoms with Crippen molar-refractivity contribution >= 4 is 6.29 Å². The van der Waals surface area contributed by atoms with E-state index >= 15 is 0 Å². The fourth-order valence-electron chi connectivity index (χ4n) is 2.60. The Morgan fingerprint density at radius 1 is 0.846 bits per heavy atom. The lowest BCUT2D eigenvalue weighted by Gasteiger charge is -2.33. The fraction of sp³-hybridized carbons (Fsp3) is 0.533. The Bertz CT molecular complexity index is 578. The molecule has 146 valence electrons. The van der Waals surface area contributed by atoms with E-state index in [1.807, 2.05) is 9.80 Å². The Labute approximate surface area is 145 Å². The van der Waals surface area contributed by atoms with Crippen LogP contribution in [0.4, 0.5) is 26.3 Å². The van der Waals surface area contributed by atoms with Gasteiger partial charge in [0.15, 0.2) is 0 Å². The van der Waals surface area contributed by atoms with E-state index in [-0.39, 0.29) is 18.7 Å². The molecule has 0 amide bonds. The van der Waals surface area contributed by atoms with Crippen LogP contribution >= 0.6 is 0 Å². The summed E-state index contributed by atoms with van der Waals surface area (Å²) in [7, 11) is 0. The molecular weight excluding hydrogens is 370 g/mol. The Morgan fingerprint density at radius 2 is 1.31 bits per heavy atom. The average molecular weight is 386 g/mol. The van der Waals surface area contributed by atoms with Crippen molar-refractivity contribution in [3.8, 4) is 11.5 Å². The van der Waals surface area contributed by atoms with Crippen molar-refractivity contribution in [1.82, 2.24) is 9.80 Å². The second-order valence-corrected chi connectivity index (χ2v) is 5.65. The maximum atomic E-state index is 12.4. The second-order valence-electron chi connectivity index (χ2n) is 5.65. The standard InChI is InChI=1S/C15H16F6N2O3/c16-14(17,18)25-12-7-11(8-13(9-12)26-15(19,20)21)10-23-3-1-22(2-4-23)5-6-24/h6-9H,1-5,10H2. The lowest BCUT2D eigenvalue weighted by Crippen LogP contribution is -2.46. The number of aldehydes is 1. The first-order chi connectivity index (χ1) is 12.0. The SMILES string of the molecule is O=CCN1CCN(Cc2cc(OC(F)(F)F)cc(OC(F)(F)F)c2)CC1. The molecule has 26 heavy (non-hydrogen) atoms. The summed E-state index contributed by atoms with van der Waals surface area (Å²) in [5, 5.41) is 0. The highest BCUT2D eigenvalue weighted by Crippen LogP contribution is 2.31. The summed E-state index contributed by atoms with van der Waals surface area (Å²) in [5.74, 6) is -1.57. The number of benzene rings is 1. The summed E-state index contributed by atoms with van der Waals surface area (Å²) >= 11 is 0. The number of rotatable bonds is 6. The van der Waals surface area contributed by atoms with E-state index in [0.717, 1.165) is 18.4 Å². The number of halogens is 6. The third kappa shape index (κ3) is 7.08. The van der Waals surface area contributed by atoms with Gasteiger partial charge in [-0.2, -0.15) is 0 Å². The van der Waals surface area contributed by atoms with Crippen LogP contribution in [0.5, 0.6) is 11.5 Å². The summed E-state index contributed by atoms with van der Waals surface area (Å²) in [6, 6.07) is 2.58. The highest BCUT2D eigenvalue weighted by atomic mass is 19.4. The van der Waals surface area contributed by atoms with E-state index in [2.05, 4.69) is 9.47 Å². The smallest absolute Gasteiger partial charge is 0.406 e. The lowest BCUT2D eigenvalue weighted by molar-refractivity contribution is -0.276. The summed E-state index contributed by atoms with van der Waals surface area (Å²) in [4.78, 5) is 14.2. The number of piperazine rings is 1. The third-order valence-corrected chi connectivity index (χ3v) is 3.61. The molecule has 1 saturated heterocycles. The van der Waals surface area contributed by atoms with Crippen molar-refractivity contribution in [2.75, 3.05) is 32.7 Å². The van der Waals surface area contributed by atoms with Gasteiger partial charge in [-0.1, -0.05) is 0 Å². The molecule has 0 atom stereocenters. The predicted molar refractivity (Wildman–Crippen MR) is 77.6 cm³/mol. The number of alkyl halides is 6. The van der Waals surface area contributed by atoms with Gasteiger partial charge >= 0.3 is 12.7 Å². The number of nitrogens with zero attached hydrogens (tertiary/aromatic N) is 2. The first-order valence-electron chi connectivity index (χ1n) is 7.58. The zero-order chi connectivity index (χ0) is 19.4. The van der Waals surface area contributed by atoms with Crippen molar-refractivity contribution in [3.05, 3.63) is 23.8 Å². The van der Waals surface area contributed by atoms with Crippen molar-refractivity contribution in [3.63, 3.8) is 0 Å². The molecule has 0 N–H and O–H groups in total. The van der Waals surface area contributed by atoms with Crippen molar-refractivity contribution < 1.29 is 40.6 Å². The highest BCUT2D eigenvalue weighted by Gasteiger charge is 2.34. The molecule has 1 fully saturated rings. The molecule has 11 heteroatoms. The van der Waals surface area contributed by atoms with E-state index in [9.17, 15) is 31.1 Å². The Balaban J connectivity index is 2.12. The zero-order valence-electron chi connectivity index (χ0n) is 13.4. The third-order valence-electron chi connectivity index (χ3n) is 3.61. The molecule has 0 spiro atoms. The van der Waals surface area contributed by atoms with Crippen LogP contribution in [0, 0.1) is 0 Å². The van der Waals surface area contributed by atoms with Gasteiger partial charge in [-0.25, -0.2) is 0 Å². The number of hydrogen-bond donors (Lipinski definition) is 0. The summed E-state index contributed by atoms with van der Waals surface area (Å²) in [5.41, 5.74) is 0.190. The van der Waals surface area contributed by atoms with Crippen LogP contribution < -0.4 is 9.47 Å². The van der Waals surface area contributed by atoms with Crippen LogP contribution in [-0.4, -0.2) is 61.5 Å². The van der Waals surface area contributed by atoms with E-state index < -0.39 is 24.2 Å². The molecule has 0 saturated carbocycles. The minimum absolute atomic E-state index is 0.123. The molecule has 1 aromatic rings. The van der Waals surface area contributed by atoms with Gasteiger partial charge in [-0.15, -0.1) is 26.3 Å². The van der Waals surface area contributed by atoms with Crippen LogP contribution in [0.25, 0.3) is 0 Å². The van der Waals surface area contributed by atoms with E-state index in [4.69, 9.17) is 0 Å². The van der Waals surface area contributed by atoms with Gasteiger partial charge in [-0.05, 0) is 17.7 Å². The molecule has 0 aliphatic carbocycles. The minimum atomic E-state index is -5.03. The van der Waals surface area contributed by atoms with Gasteiger partial charge in [0.1, 0.15) is 17.8 Å². The minimum Gasteiger partial charge on any atom is -0.406 e. The van der Waals surface area contributed by atoms with Crippen LogP contribution in [0.1, 0.15) is 5.56 Å². The van der Waals surface area contributed by atoms with Crippen molar-refractivity contribution in [2.24, 2.45) is 0 Å². The summed E-state index contributed by atoms with van der Waals surface area (Å²) < 4.78 is 81.8. The first kappa shape index (κ1) is 20.3. The van der Waals surface area contributed by atoms with Crippen LogP contribution in [-0.2, 0) is 11.3 Å². The average Bonchev–Trinajstić information content (AvgIpc) is 2.45. The molecule has 1 aliphatic heterocycles. The highest BCUT2D eigenvalue weighted by molar-refractivity contribution is 5.52. The lowest BCUT2D eigenvalue weighted by atomic mass is 10.1. The van der Waals surface area contributed by atoms with Crippen LogP contribution in [0.3, 0.4) is 0 Å². The summed E-state index contributed by atoms with van der Waals surface area (Å²) in [6.45, 7) is 2.60. The molecular formula is C15H16F6N2O3. The Hall–Kier alpha value is -2.01. The maximum absolute atomic E-state index is 12.4. The molecule has 2 rings (SSSR count). The van der Waals surface area contributed by atoms with Gasteiger partial charge in [-0.3, -0.25) is 9.80 Å². The number of carbonyl (C=O) groups excluding carboxylic acids is 1. The van der Waals surface area contributed by atoms with Gasteiger partial charge in [0.05, 0.1) is 6.54 Å². The zero-order valence-corrected chi connectivity index (χ0v) is 13.4. The van der Waals surface area contributed by atoms with Crippen LogP contribution in [0.15, 0.2) is 18.2 Å². The fourth-order valence-corrected chi connectivity index (χ4v) is 2.60. The van der Waals surface area contributed by atoms with Gasteiger partial charge < -0.3 is 14.3 Å². The second kappa shape index (κ2) is 8.12. The van der Waals surface area contributed by atoms with Crippen LogP contribution in [0.2, 0.25) is 0 Å². The molecule has 0 bridgehead atoms. The van der Waals surface area contributed by atoms with Gasteiger partial charge in [0.2, 0.25) is 0 Å². The number of carbonyl (C=O) groups is 1. The topological polar surface area (TPSA) is 42.0 Å². The Morgan fingerprint density at radius 3 is 1.73 bits per heavy atom. The molecule has 0 unspecified atom stereocenters. The summed E-state index contributed by atoms with van der Waals surface area (Å²) in [6.07, 6.45) is -9.29. The molecule has 1 aromatic carbocycles. The predicted octanol–water partition coefficient (Wildman–Crippen LogP) is 2.80. The van der Waals surface area contributed by atoms with E-state index in [1.165, 1.54) is 0 Å². The maximum Gasteiger partial charge on any atom is 0.573 e. The van der Waals surface area contributed by atoms with Gasteiger partial charge in [0, 0.05) is 38.8 Å². The molecule has 0 radical (unpaired) electrons. The largest absolute Gasteiger partial charge is 0.573 e. The van der Waals surface area contributed by atoms with Crippen molar-refractivity contribution in [2.45, 2.75) is 19.3 Å². The Kier molecular flexibility index (Phi) is 6.34. The van der Waals surface area contributed by atoms with Gasteiger partial charge in [0.25, 0.3) is 0 Å².